The largest absolute Gasteiger partial charge is 0.496 e. The Bertz CT molecular complexity index is 323. The van der Waals surface area contributed by atoms with Crippen molar-refractivity contribution in [3.63, 3.8) is 0 Å². The van der Waals surface area contributed by atoms with E-state index in [2.05, 4.69) is 0 Å². The maximum absolute atomic E-state index is 13.2. The third-order valence-electron chi connectivity index (χ3n) is 2.27. The fraction of sp³-hybridized carbons (Fsp3) is 0.455. The lowest BCUT2D eigenvalue weighted by Gasteiger charge is -2.15. The monoisotopic (exact) mass is 197 g/mol. The number of halogens is 1. The van der Waals surface area contributed by atoms with E-state index in [9.17, 15) is 4.39 Å². The van der Waals surface area contributed by atoms with Crippen LogP contribution < -0.4 is 10.5 Å². The van der Waals surface area contributed by atoms with Gasteiger partial charge in [-0.15, -0.1) is 0 Å². The van der Waals surface area contributed by atoms with Crippen molar-refractivity contribution in [3.05, 3.63) is 29.1 Å². The molecule has 0 spiro atoms. The van der Waals surface area contributed by atoms with Crippen LogP contribution in [0.5, 0.6) is 5.75 Å². The first-order chi connectivity index (χ1) is 6.60. The van der Waals surface area contributed by atoms with Crippen LogP contribution in [0.3, 0.4) is 0 Å². The first-order valence-corrected chi connectivity index (χ1v) is 4.72. The van der Waals surface area contributed by atoms with Crippen molar-refractivity contribution in [2.24, 2.45) is 5.73 Å². The SMILES string of the molecule is CCc1c(OC)cc(F)cc1C(C)N. The molecule has 0 aliphatic carbocycles. The van der Waals surface area contributed by atoms with Gasteiger partial charge < -0.3 is 10.5 Å². The number of benzene rings is 1. The molecule has 1 unspecified atom stereocenters. The lowest BCUT2D eigenvalue weighted by molar-refractivity contribution is 0.405. The van der Waals surface area contributed by atoms with Crippen molar-refractivity contribution in [2.45, 2.75) is 26.3 Å². The molecule has 0 radical (unpaired) electrons. The highest BCUT2D eigenvalue weighted by molar-refractivity contribution is 5.42. The number of nitrogens with two attached hydrogens (primary N) is 1. The van der Waals surface area contributed by atoms with Gasteiger partial charge in [0.05, 0.1) is 7.11 Å². The van der Waals surface area contributed by atoms with E-state index >= 15 is 0 Å². The van der Waals surface area contributed by atoms with Gasteiger partial charge in [-0.05, 0) is 30.5 Å². The average Bonchev–Trinajstić information content (AvgIpc) is 2.16. The number of hydrogen-bond donors (Lipinski definition) is 1. The zero-order valence-corrected chi connectivity index (χ0v) is 8.80. The molecule has 1 rings (SSSR count). The highest BCUT2D eigenvalue weighted by atomic mass is 19.1. The molecular weight excluding hydrogens is 181 g/mol. The van der Waals surface area contributed by atoms with Gasteiger partial charge in [-0.25, -0.2) is 4.39 Å². The molecule has 0 bridgehead atoms. The Morgan fingerprint density at radius 3 is 2.57 bits per heavy atom. The minimum atomic E-state index is -0.300. The van der Waals surface area contributed by atoms with E-state index in [4.69, 9.17) is 10.5 Å². The molecule has 0 fully saturated rings. The zero-order chi connectivity index (χ0) is 10.7. The van der Waals surface area contributed by atoms with Crippen molar-refractivity contribution in [1.29, 1.82) is 0 Å². The van der Waals surface area contributed by atoms with Crippen LogP contribution >= 0.6 is 0 Å². The van der Waals surface area contributed by atoms with Gasteiger partial charge in [0.15, 0.2) is 0 Å². The summed E-state index contributed by atoms with van der Waals surface area (Å²) in [5, 5.41) is 0. The first-order valence-electron chi connectivity index (χ1n) is 4.72. The topological polar surface area (TPSA) is 35.2 Å². The van der Waals surface area contributed by atoms with Crippen molar-refractivity contribution < 1.29 is 9.13 Å². The van der Waals surface area contributed by atoms with Crippen LogP contribution in [0.15, 0.2) is 12.1 Å². The highest BCUT2D eigenvalue weighted by Gasteiger charge is 2.12. The van der Waals surface area contributed by atoms with E-state index in [1.54, 1.807) is 7.11 Å². The van der Waals surface area contributed by atoms with E-state index in [0.29, 0.717) is 5.75 Å². The second kappa shape index (κ2) is 4.42. The summed E-state index contributed by atoms with van der Waals surface area (Å²) in [7, 11) is 1.54. The summed E-state index contributed by atoms with van der Waals surface area (Å²) < 4.78 is 18.3. The Morgan fingerprint density at radius 1 is 1.50 bits per heavy atom. The summed E-state index contributed by atoms with van der Waals surface area (Å²) >= 11 is 0. The molecular formula is C11H16FNO. The molecule has 0 saturated heterocycles. The van der Waals surface area contributed by atoms with Crippen molar-refractivity contribution in [1.82, 2.24) is 0 Å². The fourth-order valence-corrected chi connectivity index (χ4v) is 1.60. The summed E-state index contributed by atoms with van der Waals surface area (Å²) in [6.45, 7) is 3.84. The third-order valence-corrected chi connectivity index (χ3v) is 2.27. The highest BCUT2D eigenvalue weighted by Crippen LogP contribution is 2.27. The lowest BCUT2D eigenvalue weighted by atomic mass is 9.99. The van der Waals surface area contributed by atoms with Crippen LogP contribution in [-0.4, -0.2) is 7.11 Å². The van der Waals surface area contributed by atoms with Crippen LogP contribution in [0.4, 0.5) is 4.39 Å². The Balaban J connectivity index is 3.31. The zero-order valence-electron chi connectivity index (χ0n) is 8.80. The van der Waals surface area contributed by atoms with E-state index in [1.807, 2.05) is 13.8 Å². The number of rotatable bonds is 3. The van der Waals surface area contributed by atoms with Crippen LogP contribution in [-0.2, 0) is 6.42 Å². The van der Waals surface area contributed by atoms with E-state index < -0.39 is 0 Å². The molecule has 0 aliphatic heterocycles. The predicted octanol–water partition coefficient (Wildman–Crippen LogP) is 2.42. The molecule has 1 aromatic rings. The second-order valence-electron chi connectivity index (χ2n) is 3.32. The molecule has 14 heavy (non-hydrogen) atoms. The van der Waals surface area contributed by atoms with E-state index in [-0.39, 0.29) is 11.9 Å². The molecule has 0 saturated carbocycles. The van der Waals surface area contributed by atoms with Gasteiger partial charge in [-0.1, -0.05) is 6.92 Å². The normalized spacial score (nSPS) is 12.6. The molecule has 1 atom stereocenters. The summed E-state index contributed by atoms with van der Waals surface area (Å²) in [6.07, 6.45) is 0.792. The molecule has 0 aliphatic rings. The molecule has 78 valence electrons. The van der Waals surface area contributed by atoms with Gasteiger partial charge in [-0.2, -0.15) is 0 Å². The molecule has 0 heterocycles. The summed E-state index contributed by atoms with van der Waals surface area (Å²) in [6, 6.07) is 2.70. The number of hydrogen-bond acceptors (Lipinski definition) is 2. The second-order valence-corrected chi connectivity index (χ2v) is 3.32. The maximum Gasteiger partial charge on any atom is 0.127 e. The van der Waals surface area contributed by atoms with E-state index in [1.165, 1.54) is 12.1 Å². The Morgan fingerprint density at radius 2 is 2.14 bits per heavy atom. The van der Waals surface area contributed by atoms with Gasteiger partial charge in [0.1, 0.15) is 11.6 Å². The van der Waals surface area contributed by atoms with Crippen LogP contribution in [0.1, 0.15) is 31.0 Å². The molecule has 2 nitrogen and oxygen atoms in total. The van der Waals surface area contributed by atoms with Crippen LogP contribution in [0.25, 0.3) is 0 Å². The molecule has 0 aromatic heterocycles. The fourth-order valence-electron chi connectivity index (χ4n) is 1.60. The first kappa shape index (κ1) is 11.0. The predicted molar refractivity (Wildman–Crippen MR) is 54.9 cm³/mol. The number of ether oxygens (including phenoxy) is 1. The quantitative estimate of drug-likeness (QED) is 0.807. The lowest BCUT2D eigenvalue weighted by Crippen LogP contribution is -2.09. The molecule has 1 aromatic carbocycles. The summed E-state index contributed by atoms with van der Waals surface area (Å²) in [4.78, 5) is 0. The minimum Gasteiger partial charge on any atom is -0.496 e. The number of methoxy groups -OCH3 is 1. The summed E-state index contributed by atoms with van der Waals surface area (Å²) in [5.74, 6) is 0.283. The van der Waals surface area contributed by atoms with E-state index in [0.717, 1.165) is 17.5 Å². The van der Waals surface area contributed by atoms with Gasteiger partial charge in [0, 0.05) is 12.1 Å². The minimum absolute atomic E-state index is 0.172. The molecule has 3 heteroatoms. The van der Waals surface area contributed by atoms with Crippen LogP contribution in [0.2, 0.25) is 0 Å². The average molecular weight is 197 g/mol. The molecule has 0 amide bonds. The Kier molecular flexibility index (Phi) is 3.47. The van der Waals surface area contributed by atoms with Crippen molar-refractivity contribution in [3.8, 4) is 5.75 Å². The standard InChI is InChI=1S/C11H16FNO/c1-4-9-10(7(2)13)5-8(12)6-11(9)14-3/h5-7H,4,13H2,1-3H3. The summed E-state index contributed by atoms with van der Waals surface area (Å²) in [5.41, 5.74) is 7.57. The molecule has 2 N–H and O–H groups in total. The van der Waals surface area contributed by atoms with Gasteiger partial charge in [-0.3, -0.25) is 0 Å². The Labute approximate surface area is 83.9 Å². The van der Waals surface area contributed by atoms with Gasteiger partial charge in [0.2, 0.25) is 0 Å². The smallest absolute Gasteiger partial charge is 0.127 e. The van der Waals surface area contributed by atoms with Crippen molar-refractivity contribution >= 4 is 0 Å². The van der Waals surface area contributed by atoms with Gasteiger partial charge in [0.25, 0.3) is 0 Å². The third kappa shape index (κ3) is 2.04. The van der Waals surface area contributed by atoms with Gasteiger partial charge >= 0.3 is 0 Å². The van der Waals surface area contributed by atoms with Crippen LogP contribution in [0, 0.1) is 5.82 Å². The maximum atomic E-state index is 13.2. The Hall–Kier alpha value is -1.09. The van der Waals surface area contributed by atoms with Crippen molar-refractivity contribution in [2.75, 3.05) is 7.11 Å².